The maximum atomic E-state index is 10.8. The fraction of sp³-hybridized carbons (Fsp3) is 0.300. The molecule has 0 saturated heterocycles. The molecule has 1 unspecified atom stereocenters. The van der Waals surface area contributed by atoms with Gasteiger partial charge in [0.15, 0.2) is 11.0 Å². The van der Waals surface area contributed by atoms with Crippen molar-refractivity contribution in [1.82, 2.24) is 24.7 Å². The van der Waals surface area contributed by atoms with Crippen molar-refractivity contribution in [1.29, 1.82) is 5.26 Å². The quantitative estimate of drug-likeness (QED) is 0.270. The molecule has 0 amide bonds. The van der Waals surface area contributed by atoms with Crippen LogP contribution in [0.4, 0.5) is 0 Å². The fourth-order valence-electron chi connectivity index (χ4n) is 3.05. The standard InChI is InChI=1S/C20H20N6OS/c1-3-10-26-19(13-8-9-13)24-25-20(26)28-12(2)17(27)14(11-21)18-22-15-6-4-5-7-16(15)23-18/h3-7,12-13,27H,1,8-10H2,2H3,(H,22,23). The Labute approximate surface area is 166 Å². The van der Waals surface area contributed by atoms with E-state index in [1.165, 1.54) is 11.8 Å². The van der Waals surface area contributed by atoms with Crippen molar-refractivity contribution in [3.63, 3.8) is 0 Å². The first-order chi connectivity index (χ1) is 13.6. The highest BCUT2D eigenvalue weighted by molar-refractivity contribution is 7.99. The monoisotopic (exact) mass is 392 g/mol. The number of nitriles is 1. The van der Waals surface area contributed by atoms with Crippen molar-refractivity contribution < 1.29 is 5.11 Å². The molecule has 1 fully saturated rings. The first-order valence-electron chi connectivity index (χ1n) is 9.11. The van der Waals surface area contributed by atoms with E-state index in [0.29, 0.717) is 23.4 Å². The number of aromatic amines is 1. The average Bonchev–Trinajstić information content (AvgIpc) is 3.33. The lowest BCUT2D eigenvalue weighted by Gasteiger charge is -2.12. The lowest BCUT2D eigenvalue weighted by molar-refractivity contribution is 0.401. The van der Waals surface area contributed by atoms with Crippen molar-refractivity contribution >= 4 is 28.4 Å². The van der Waals surface area contributed by atoms with Gasteiger partial charge in [0.05, 0.1) is 16.3 Å². The number of fused-ring (bicyclic) bond motifs is 1. The number of rotatable bonds is 7. The number of nitrogens with one attached hydrogen (secondary N) is 1. The van der Waals surface area contributed by atoms with Gasteiger partial charge in [-0.05, 0) is 31.9 Å². The molecule has 4 rings (SSSR count). The summed E-state index contributed by atoms with van der Waals surface area (Å²) in [5.41, 5.74) is 1.70. The van der Waals surface area contributed by atoms with Crippen LogP contribution in [-0.4, -0.2) is 35.1 Å². The molecule has 2 heterocycles. The maximum absolute atomic E-state index is 10.8. The first-order valence-corrected chi connectivity index (χ1v) is 9.99. The number of hydrogen-bond acceptors (Lipinski definition) is 6. The molecule has 0 radical (unpaired) electrons. The zero-order valence-electron chi connectivity index (χ0n) is 15.5. The SMILES string of the molecule is C=CCn1c(SC(C)C(O)=C(C#N)c2nc3ccccc3[nH]2)nnc1C1CC1. The summed E-state index contributed by atoms with van der Waals surface area (Å²) in [5, 5.41) is 29.3. The molecule has 1 atom stereocenters. The summed E-state index contributed by atoms with van der Waals surface area (Å²) in [6.07, 6.45) is 4.07. The first kappa shape index (κ1) is 18.3. The van der Waals surface area contributed by atoms with Crippen LogP contribution in [0.3, 0.4) is 0 Å². The third-order valence-corrected chi connectivity index (χ3v) is 5.75. The Kier molecular flexibility index (Phi) is 4.92. The number of nitrogens with zero attached hydrogens (tertiary/aromatic N) is 5. The van der Waals surface area contributed by atoms with Crippen LogP contribution in [0.5, 0.6) is 0 Å². The van der Waals surface area contributed by atoms with Gasteiger partial charge in [0.1, 0.15) is 23.2 Å². The van der Waals surface area contributed by atoms with E-state index in [2.05, 4.69) is 32.8 Å². The number of aliphatic hydroxyl groups excluding tert-OH is 1. The molecule has 3 aromatic rings. The largest absolute Gasteiger partial charge is 0.510 e. The van der Waals surface area contributed by atoms with Crippen LogP contribution in [-0.2, 0) is 6.54 Å². The number of benzene rings is 1. The second-order valence-electron chi connectivity index (χ2n) is 6.75. The van der Waals surface area contributed by atoms with Crippen LogP contribution in [0.1, 0.15) is 37.3 Å². The Morgan fingerprint density at radius 2 is 2.25 bits per heavy atom. The number of para-hydroxylation sites is 2. The Bertz CT molecular complexity index is 1070. The molecule has 7 nitrogen and oxygen atoms in total. The Morgan fingerprint density at radius 3 is 2.93 bits per heavy atom. The molecule has 28 heavy (non-hydrogen) atoms. The van der Waals surface area contributed by atoms with Gasteiger partial charge in [-0.15, -0.1) is 16.8 Å². The third-order valence-electron chi connectivity index (χ3n) is 4.66. The molecule has 2 aromatic heterocycles. The average molecular weight is 392 g/mol. The van der Waals surface area contributed by atoms with Gasteiger partial charge in [0, 0.05) is 12.5 Å². The van der Waals surface area contributed by atoms with E-state index in [9.17, 15) is 10.4 Å². The molecule has 142 valence electrons. The van der Waals surface area contributed by atoms with Crippen LogP contribution < -0.4 is 0 Å². The fourth-order valence-corrected chi connectivity index (χ4v) is 3.98. The predicted octanol–water partition coefficient (Wildman–Crippen LogP) is 4.19. The molecule has 1 aliphatic carbocycles. The summed E-state index contributed by atoms with van der Waals surface area (Å²) >= 11 is 1.37. The second kappa shape index (κ2) is 7.52. The summed E-state index contributed by atoms with van der Waals surface area (Å²) < 4.78 is 2.03. The maximum Gasteiger partial charge on any atom is 0.192 e. The van der Waals surface area contributed by atoms with E-state index in [1.54, 1.807) is 0 Å². The topological polar surface area (TPSA) is 103 Å². The highest BCUT2D eigenvalue weighted by Gasteiger charge is 2.31. The van der Waals surface area contributed by atoms with Crippen molar-refractivity contribution in [3.8, 4) is 6.07 Å². The summed E-state index contributed by atoms with van der Waals surface area (Å²) in [6, 6.07) is 9.59. The van der Waals surface area contributed by atoms with E-state index in [-0.39, 0.29) is 16.6 Å². The minimum absolute atomic E-state index is 0.0346. The molecule has 2 N–H and O–H groups in total. The number of aliphatic hydroxyl groups is 1. The van der Waals surface area contributed by atoms with Gasteiger partial charge < -0.3 is 14.7 Å². The van der Waals surface area contributed by atoms with Crippen LogP contribution in [0.25, 0.3) is 16.6 Å². The molecule has 0 bridgehead atoms. The predicted molar refractivity (Wildman–Crippen MR) is 109 cm³/mol. The normalized spacial score (nSPS) is 15.9. The number of imidazole rings is 1. The van der Waals surface area contributed by atoms with Gasteiger partial charge in [-0.1, -0.05) is 30.0 Å². The van der Waals surface area contributed by atoms with E-state index in [4.69, 9.17) is 0 Å². The van der Waals surface area contributed by atoms with Gasteiger partial charge in [0.25, 0.3) is 0 Å². The van der Waals surface area contributed by atoms with Gasteiger partial charge in [-0.25, -0.2) is 4.98 Å². The molecular weight excluding hydrogens is 372 g/mol. The lowest BCUT2D eigenvalue weighted by Crippen LogP contribution is -2.08. The van der Waals surface area contributed by atoms with Crippen molar-refractivity contribution in [2.24, 2.45) is 0 Å². The van der Waals surface area contributed by atoms with Gasteiger partial charge in [-0.2, -0.15) is 5.26 Å². The van der Waals surface area contributed by atoms with Crippen LogP contribution in [0.2, 0.25) is 0 Å². The van der Waals surface area contributed by atoms with E-state index in [0.717, 1.165) is 29.7 Å². The van der Waals surface area contributed by atoms with Gasteiger partial charge in [0.2, 0.25) is 0 Å². The smallest absolute Gasteiger partial charge is 0.192 e. The molecule has 1 saturated carbocycles. The summed E-state index contributed by atoms with van der Waals surface area (Å²) in [6.45, 7) is 6.27. The molecule has 8 heteroatoms. The molecular formula is C20H20N6OS. The van der Waals surface area contributed by atoms with Crippen molar-refractivity contribution in [3.05, 3.63) is 54.3 Å². The Balaban J connectivity index is 1.63. The highest BCUT2D eigenvalue weighted by Crippen LogP contribution is 2.40. The summed E-state index contributed by atoms with van der Waals surface area (Å²) in [4.78, 5) is 7.52. The number of hydrogen-bond donors (Lipinski definition) is 2. The van der Waals surface area contributed by atoms with Crippen LogP contribution in [0.15, 0.2) is 47.8 Å². The second-order valence-corrected chi connectivity index (χ2v) is 8.06. The lowest BCUT2D eigenvalue weighted by atomic mass is 10.2. The van der Waals surface area contributed by atoms with E-state index in [1.807, 2.05) is 41.8 Å². The van der Waals surface area contributed by atoms with Gasteiger partial charge >= 0.3 is 0 Å². The Hall–Kier alpha value is -3.05. The van der Waals surface area contributed by atoms with Crippen LogP contribution in [0, 0.1) is 11.3 Å². The Morgan fingerprint density at radius 1 is 1.46 bits per heavy atom. The highest BCUT2D eigenvalue weighted by atomic mass is 32.2. The van der Waals surface area contributed by atoms with E-state index < -0.39 is 0 Å². The van der Waals surface area contributed by atoms with Crippen molar-refractivity contribution in [2.75, 3.05) is 0 Å². The third kappa shape index (κ3) is 3.41. The number of H-pyrrole nitrogens is 1. The molecule has 1 aliphatic rings. The number of allylic oxidation sites excluding steroid dienone is 2. The number of thioether (sulfide) groups is 1. The molecule has 0 aliphatic heterocycles. The minimum atomic E-state index is -0.386. The molecule has 0 spiro atoms. The zero-order chi connectivity index (χ0) is 19.7. The zero-order valence-corrected chi connectivity index (χ0v) is 16.3. The van der Waals surface area contributed by atoms with E-state index >= 15 is 0 Å². The van der Waals surface area contributed by atoms with Crippen molar-refractivity contribution in [2.45, 2.75) is 42.6 Å². The number of aromatic nitrogens is 5. The van der Waals surface area contributed by atoms with Crippen LogP contribution >= 0.6 is 11.8 Å². The minimum Gasteiger partial charge on any atom is -0.510 e. The molecule has 1 aromatic carbocycles. The summed E-state index contributed by atoms with van der Waals surface area (Å²) in [5.74, 6) is 1.76. The summed E-state index contributed by atoms with van der Waals surface area (Å²) in [7, 11) is 0. The van der Waals surface area contributed by atoms with Gasteiger partial charge in [-0.3, -0.25) is 0 Å².